The SMILES string of the molecule is Nc1ccccc1S(=O)(=O)COCC1CC1. The summed E-state index contributed by atoms with van der Waals surface area (Å²) in [6.45, 7) is 0.534. The molecule has 0 heterocycles. The highest BCUT2D eigenvalue weighted by atomic mass is 32.2. The lowest BCUT2D eigenvalue weighted by atomic mass is 10.3. The maximum atomic E-state index is 11.8. The number of para-hydroxylation sites is 1. The van der Waals surface area contributed by atoms with Crippen LogP contribution in [0, 0.1) is 5.92 Å². The molecule has 1 saturated carbocycles. The average Bonchev–Trinajstić information content (AvgIpc) is 3.02. The summed E-state index contributed by atoms with van der Waals surface area (Å²) in [5.41, 5.74) is 5.89. The molecular formula is C11H15NO3S. The molecule has 1 aliphatic carbocycles. The fourth-order valence-corrected chi connectivity index (χ4v) is 2.59. The number of nitrogen functional groups attached to an aromatic ring is 1. The van der Waals surface area contributed by atoms with Crippen LogP contribution in [0.25, 0.3) is 0 Å². The highest BCUT2D eigenvalue weighted by molar-refractivity contribution is 7.91. The quantitative estimate of drug-likeness (QED) is 0.792. The second kappa shape index (κ2) is 4.43. The van der Waals surface area contributed by atoms with Crippen molar-refractivity contribution in [2.75, 3.05) is 18.3 Å². The van der Waals surface area contributed by atoms with Crippen molar-refractivity contribution in [2.45, 2.75) is 17.7 Å². The molecule has 1 aliphatic rings. The Balaban J connectivity index is 2.03. The molecule has 0 unspecified atom stereocenters. The number of nitrogens with two attached hydrogens (primary N) is 1. The van der Waals surface area contributed by atoms with Crippen LogP contribution >= 0.6 is 0 Å². The van der Waals surface area contributed by atoms with E-state index in [2.05, 4.69) is 0 Å². The fraction of sp³-hybridized carbons (Fsp3) is 0.455. The van der Waals surface area contributed by atoms with Crippen LogP contribution in [0.3, 0.4) is 0 Å². The first-order valence-electron chi connectivity index (χ1n) is 5.24. The number of sulfone groups is 1. The first kappa shape index (κ1) is 11.4. The third-order valence-corrected chi connectivity index (χ3v) is 4.06. The van der Waals surface area contributed by atoms with Crippen LogP contribution in [0.1, 0.15) is 12.8 Å². The normalized spacial score (nSPS) is 16.2. The van der Waals surface area contributed by atoms with Crippen molar-refractivity contribution in [2.24, 2.45) is 5.92 Å². The summed E-state index contributed by atoms with van der Waals surface area (Å²) in [4.78, 5) is 0.158. The predicted octanol–water partition coefficient (Wildman–Crippen LogP) is 1.43. The Bertz CT molecular complexity index is 466. The van der Waals surface area contributed by atoms with Crippen LogP contribution in [0.4, 0.5) is 5.69 Å². The first-order valence-corrected chi connectivity index (χ1v) is 6.90. The predicted molar refractivity (Wildman–Crippen MR) is 61.6 cm³/mol. The van der Waals surface area contributed by atoms with E-state index in [1.807, 2.05) is 0 Å². The molecule has 0 saturated heterocycles. The molecule has 2 rings (SSSR count). The van der Waals surface area contributed by atoms with Gasteiger partial charge in [0, 0.05) is 0 Å². The van der Waals surface area contributed by atoms with Gasteiger partial charge in [-0.15, -0.1) is 0 Å². The van der Waals surface area contributed by atoms with Gasteiger partial charge in [-0.2, -0.15) is 0 Å². The van der Waals surface area contributed by atoms with Crippen LogP contribution in [-0.4, -0.2) is 21.0 Å². The number of benzene rings is 1. The van der Waals surface area contributed by atoms with Crippen LogP contribution in [0.5, 0.6) is 0 Å². The van der Waals surface area contributed by atoms with Gasteiger partial charge >= 0.3 is 0 Å². The van der Waals surface area contributed by atoms with Crippen LogP contribution < -0.4 is 5.73 Å². The fourth-order valence-electron chi connectivity index (χ4n) is 1.44. The molecule has 2 N–H and O–H groups in total. The molecule has 0 radical (unpaired) electrons. The smallest absolute Gasteiger partial charge is 0.204 e. The Morgan fingerprint density at radius 2 is 2.00 bits per heavy atom. The van der Waals surface area contributed by atoms with Crippen molar-refractivity contribution in [1.29, 1.82) is 0 Å². The van der Waals surface area contributed by atoms with Crippen LogP contribution in [0.2, 0.25) is 0 Å². The van der Waals surface area contributed by atoms with E-state index in [1.54, 1.807) is 18.2 Å². The van der Waals surface area contributed by atoms with Gasteiger partial charge < -0.3 is 10.5 Å². The molecule has 1 aromatic carbocycles. The second-order valence-corrected chi connectivity index (χ2v) is 5.99. The van der Waals surface area contributed by atoms with Gasteiger partial charge in [-0.3, -0.25) is 0 Å². The van der Waals surface area contributed by atoms with E-state index in [9.17, 15) is 8.42 Å². The maximum Gasteiger partial charge on any atom is 0.204 e. The van der Waals surface area contributed by atoms with Crippen molar-refractivity contribution in [3.63, 3.8) is 0 Å². The topological polar surface area (TPSA) is 69.4 Å². The minimum atomic E-state index is -3.41. The van der Waals surface area contributed by atoms with Gasteiger partial charge in [0.05, 0.1) is 17.2 Å². The summed E-state index contributed by atoms with van der Waals surface area (Å²) in [6.07, 6.45) is 2.29. The Morgan fingerprint density at radius 3 is 2.62 bits per heavy atom. The Kier molecular flexibility index (Phi) is 3.16. The lowest BCUT2D eigenvalue weighted by molar-refractivity contribution is 0.165. The van der Waals surface area contributed by atoms with E-state index in [0.29, 0.717) is 12.5 Å². The van der Waals surface area contributed by atoms with Crippen molar-refractivity contribution in [3.05, 3.63) is 24.3 Å². The number of rotatable bonds is 5. The summed E-state index contributed by atoms with van der Waals surface area (Å²) >= 11 is 0. The monoisotopic (exact) mass is 241 g/mol. The van der Waals surface area contributed by atoms with Crippen molar-refractivity contribution in [3.8, 4) is 0 Å². The van der Waals surface area contributed by atoms with Gasteiger partial charge in [0.25, 0.3) is 0 Å². The molecule has 16 heavy (non-hydrogen) atoms. The molecule has 4 nitrogen and oxygen atoms in total. The van der Waals surface area contributed by atoms with Crippen molar-refractivity contribution in [1.82, 2.24) is 0 Å². The van der Waals surface area contributed by atoms with E-state index >= 15 is 0 Å². The lowest BCUT2D eigenvalue weighted by Crippen LogP contribution is -2.13. The molecular weight excluding hydrogens is 226 g/mol. The van der Waals surface area contributed by atoms with Crippen LogP contribution in [0.15, 0.2) is 29.2 Å². The summed E-state index contributed by atoms with van der Waals surface area (Å²) in [7, 11) is -3.41. The van der Waals surface area contributed by atoms with E-state index in [0.717, 1.165) is 12.8 Å². The third-order valence-electron chi connectivity index (χ3n) is 2.54. The number of ether oxygens (including phenoxy) is 1. The standard InChI is InChI=1S/C11H15NO3S/c12-10-3-1-2-4-11(10)16(13,14)8-15-7-9-5-6-9/h1-4,9H,5-8,12H2. The van der Waals surface area contributed by atoms with Gasteiger partial charge in [0.2, 0.25) is 9.84 Å². The van der Waals surface area contributed by atoms with Gasteiger partial charge in [0.1, 0.15) is 0 Å². The van der Waals surface area contributed by atoms with Crippen molar-refractivity contribution < 1.29 is 13.2 Å². The second-order valence-electron chi connectivity index (χ2n) is 4.08. The summed E-state index contributed by atoms with van der Waals surface area (Å²) < 4.78 is 28.9. The van der Waals surface area contributed by atoms with E-state index in [4.69, 9.17) is 10.5 Å². The summed E-state index contributed by atoms with van der Waals surface area (Å²) in [6, 6.07) is 6.45. The highest BCUT2D eigenvalue weighted by Crippen LogP contribution is 2.29. The molecule has 0 aromatic heterocycles. The highest BCUT2D eigenvalue weighted by Gasteiger charge is 2.23. The number of hydrogen-bond donors (Lipinski definition) is 1. The molecule has 88 valence electrons. The zero-order valence-electron chi connectivity index (χ0n) is 8.93. The zero-order valence-corrected chi connectivity index (χ0v) is 9.74. The summed E-state index contributed by atoms with van der Waals surface area (Å²) in [5.74, 6) is 0.279. The summed E-state index contributed by atoms with van der Waals surface area (Å²) in [5, 5.41) is 0. The van der Waals surface area contributed by atoms with Gasteiger partial charge in [0.15, 0.2) is 5.94 Å². The maximum absolute atomic E-state index is 11.8. The van der Waals surface area contributed by atoms with E-state index in [-0.39, 0.29) is 16.5 Å². The van der Waals surface area contributed by atoms with Crippen molar-refractivity contribution >= 4 is 15.5 Å². The van der Waals surface area contributed by atoms with Gasteiger partial charge in [-0.05, 0) is 30.9 Å². The molecule has 0 spiro atoms. The van der Waals surface area contributed by atoms with Gasteiger partial charge in [-0.1, -0.05) is 12.1 Å². The Hall–Kier alpha value is -1.07. The number of anilines is 1. The zero-order chi connectivity index (χ0) is 11.6. The first-order chi connectivity index (χ1) is 7.59. The largest absolute Gasteiger partial charge is 0.398 e. The molecule has 0 bridgehead atoms. The Labute approximate surface area is 95.3 Å². The number of hydrogen-bond acceptors (Lipinski definition) is 4. The molecule has 1 fully saturated rings. The minimum absolute atomic E-state index is 0.158. The molecule has 5 heteroatoms. The minimum Gasteiger partial charge on any atom is -0.398 e. The third kappa shape index (κ3) is 2.74. The molecule has 0 atom stereocenters. The lowest BCUT2D eigenvalue weighted by Gasteiger charge is -2.07. The molecule has 0 amide bonds. The van der Waals surface area contributed by atoms with Crippen LogP contribution in [-0.2, 0) is 14.6 Å². The average molecular weight is 241 g/mol. The molecule has 0 aliphatic heterocycles. The van der Waals surface area contributed by atoms with Gasteiger partial charge in [-0.25, -0.2) is 8.42 Å². The van der Waals surface area contributed by atoms with E-state index in [1.165, 1.54) is 6.07 Å². The van der Waals surface area contributed by atoms with E-state index < -0.39 is 9.84 Å². The molecule has 1 aromatic rings. The Morgan fingerprint density at radius 1 is 1.31 bits per heavy atom.